The highest BCUT2D eigenvalue weighted by molar-refractivity contribution is 6.04. The van der Waals surface area contributed by atoms with E-state index < -0.39 is 0 Å². The molecule has 0 bridgehead atoms. The van der Waals surface area contributed by atoms with Crippen LogP contribution in [0.2, 0.25) is 0 Å². The van der Waals surface area contributed by atoms with Crippen molar-refractivity contribution in [3.05, 3.63) is 89.1 Å². The average molecular weight is 415 g/mol. The molecule has 0 atom stereocenters. The van der Waals surface area contributed by atoms with Crippen LogP contribution in [0.5, 0.6) is 0 Å². The van der Waals surface area contributed by atoms with Crippen molar-refractivity contribution in [3.63, 3.8) is 0 Å². The lowest BCUT2D eigenvalue weighted by Gasteiger charge is -2.35. The molecule has 2 aromatic carbocycles. The molecule has 1 aliphatic rings. The molecule has 2 amide bonds. The number of carbonyl (C=O) groups excluding carboxylic acids is 2. The van der Waals surface area contributed by atoms with Gasteiger partial charge in [-0.3, -0.25) is 9.59 Å². The number of pyridine rings is 1. The van der Waals surface area contributed by atoms with E-state index in [0.29, 0.717) is 24.3 Å². The van der Waals surface area contributed by atoms with E-state index in [1.807, 2.05) is 79.4 Å². The fourth-order valence-electron chi connectivity index (χ4n) is 3.68. The van der Waals surface area contributed by atoms with Crippen molar-refractivity contribution in [2.45, 2.75) is 13.8 Å². The number of nitrogens with zero attached hydrogens (tertiary/aromatic N) is 3. The Morgan fingerprint density at radius 2 is 1.58 bits per heavy atom. The highest BCUT2D eigenvalue weighted by Crippen LogP contribution is 2.19. The van der Waals surface area contributed by atoms with Gasteiger partial charge in [0, 0.05) is 37.3 Å². The number of aromatic nitrogens is 1. The van der Waals surface area contributed by atoms with Crippen LogP contribution in [0.4, 0.5) is 11.5 Å². The zero-order valence-electron chi connectivity index (χ0n) is 17.8. The normalized spacial score (nSPS) is 13.7. The average Bonchev–Trinajstić information content (AvgIpc) is 2.80. The highest BCUT2D eigenvalue weighted by atomic mass is 16.2. The van der Waals surface area contributed by atoms with Gasteiger partial charge in [-0.2, -0.15) is 0 Å². The first-order chi connectivity index (χ1) is 15.0. The van der Waals surface area contributed by atoms with Gasteiger partial charge < -0.3 is 15.1 Å². The van der Waals surface area contributed by atoms with Gasteiger partial charge in [-0.15, -0.1) is 0 Å². The van der Waals surface area contributed by atoms with Crippen LogP contribution in [0, 0.1) is 13.8 Å². The molecule has 4 rings (SSSR count). The van der Waals surface area contributed by atoms with Gasteiger partial charge in [0.2, 0.25) is 0 Å². The van der Waals surface area contributed by atoms with Gasteiger partial charge >= 0.3 is 0 Å². The summed E-state index contributed by atoms with van der Waals surface area (Å²) in [6.45, 7) is 6.70. The molecule has 6 heteroatoms. The lowest BCUT2D eigenvalue weighted by molar-refractivity contribution is 0.0745. The third-order valence-electron chi connectivity index (χ3n) is 5.59. The molecule has 1 N–H and O–H groups in total. The Kier molecular flexibility index (Phi) is 5.98. The summed E-state index contributed by atoms with van der Waals surface area (Å²) in [6.07, 6.45) is 1.67. The lowest BCUT2D eigenvalue weighted by Crippen LogP contribution is -2.49. The summed E-state index contributed by atoms with van der Waals surface area (Å²) in [5, 5.41) is 2.88. The van der Waals surface area contributed by atoms with Crippen LogP contribution in [-0.2, 0) is 0 Å². The monoisotopic (exact) mass is 414 g/mol. The Balaban J connectivity index is 1.34. The number of nitrogens with one attached hydrogen (secondary N) is 1. The maximum absolute atomic E-state index is 12.8. The lowest BCUT2D eigenvalue weighted by atomic mass is 10.1. The molecule has 0 spiro atoms. The molecule has 1 aromatic heterocycles. The van der Waals surface area contributed by atoms with E-state index in [9.17, 15) is 9.59 Å². The van der Waals surface area contributed by atoms with Crippen LogP contribution in [0.25, 0.3) is 0 Å². The summed E-state index contributed by atoms with van der Waals surface area (Å²) >= 11 is 0. The van der Waals surface area contributed by atoms with Crippen LogP contribution in [0.1, 0.15) is 31.8 Å². The first-order valence-corrected chi connectivity index (χ1v) is 10.5. The second-order valence-corrected chi connectivity index (χ2v) is 7.82. The Morgan fingerprint density at radius 3 is 2.23 bits per heavy atom. The van der Waals surface area contributed by atoms with Gasteiger partial charge in [0.05, 0.1) is 11.9 Å². The van der Waals surface area contributed by atoms with Crippen LogP contribution in [-0.4, -0.2) is 47.9 Å². The molecule has 0 radical (unpaired) electrons. The number of benzene rings is 2. The predicted molar refractivity (Wildman–Crippen MR) is 123 cm³/mol. The standard InChI is InChI=1S/C25H26N4O2/c1-18-7-9-20(10-8-18)24(30)27-21-11-12-23(26-17-21)28-13-15-29(16-14-28)25(31)22-6-4-3-5-19(22)2/h3-12,17H,13-16H2,1-2H3,(H,27,30). The van der Waals surface area contributed by atoms with Crippen LogP contribution >= 0.6 is 0 Å². The Bertz CT molecular complexity index is 1070. The van der Waals surface area contributed by atoms with Gasteiger partial charge in [0.1, 0.15) is 5.82 Å². The number of carbonyl (C=O) groups is 2. The van der Waals surface area contributed by atoms with Crippen molar-refractivity contribution in [2.24, 2.45) is 0 Å². The smallest absolute Gasteiger partial charge is 0.255 e. The molecule has 0 saturated carbocycles. The Morgan fingerprint density at radius 1 is 0.871 bits per heavy atom. The van der Waals surface area contributed by atoms with Crippen molar-refractivity contribution in [1.82, 2.24) is 9.88 Å². The molecule has 0 unspecified atom stereocenters. The predicted octanol–water partition coefficient (Wildman–Crippen LogP) is 3.91. The number of aryl methyl sites for hydroxylation is 2. The largest absolute Gasteiger partial charge is 0.353 e. The van der Waals surface area contributed by atoms with Gasteiger partial charge in [-0.25, -0.2) is 4.98 Å². The van der Waals surface area contributed by atoms with Crippen LogP contribution in [0.15, 0.2) is 66.9 Å². The zero-order chi connectivity index (χ0) is 21.8. The van der Waals surface area contributed by atoms with Crippen LogP contribution in [0.3, 0.4) is 0 Å². The zero-order valence-corrected chi connectivity index (χ0v) is 17.8. The molecule has 1 saturated heterocycles. The summed E-state index contributed by atoms with van der Waals surface area (Å²) in [5.41, 5.74) is 4.15. The molecule has 3 aromatic rings. The summed E-state index contributed by atoms with van der Waals surface area (Å²) in [5.74, 6) is 0.772. The SMILES string of the molecule is Cc1ccc(C(=O)Nc2ccc(N3CCN(C(=O)c4ccccc4C)CC3)nc2)cc1. The van der Waals surface area contributed by atoms with Gasteiger partial charge in [-0.1, -0.05) is 35.9 Å². The quantitative estimate of drug-likeness (QED) is 0.703. The molecular weight excluding hydrogens is 388 g/mol. The molecular formula is C25H26N4O2. The summed E-state index contributed by atoms with van der Waals surface area (Å²) in [4.78, 5) is 33.7. The molecule has 6 nitrogen and oxygen atoms in total. The molecule has 158 valence electrons. The Labute approximate surface area is 182 Å². The van der Waals surface area contributed by atoms with E-state index in [0.717, 1.165) is 35.6 Å². The maximum Gasteiger partial charge on any atom is 0.255 e. The van der Waals surface area contributed by atoms with E-state index >= 15 is 0 Å². The summed E-state index contributed by atoms with van der Waals surface area (Å²) < 4.78 is 0. The topological polar surface area (TPSA) is 65.5 Å². The minimum absolute atomic E-state index is 0.0832. The highest BCUT2D eigenvalue weighted by Gasteiger charge is 2.23. The second kappa shape index (κ2) is 9.00. The van der Waals surface area contributed by atoms with Crippen molar-refractivity contribution in [2.75, 3.05) is 36.4 Å². The molecule has 1 aliphatic heterocycles. The van der Waals surface area contributed by atoms with Gasteiger partial charge in [0.25, 0.3) is 11.8 Å². The molecule has 0 aliphatic carbocycles. The third-order valence-corrected chi connectivity index (χ3v) is 5.59. The van der Waals surface area contributed by atoms with Gasteiger partial charge in [-0.05, 0) is 49.7 Å². The number of rotatable bonds is 4. The third kappa shape index (κ3) is 4.74. The molecule has 31 heavy (non-hydrogen) atoms. The Hall–Kier alpha value is -3.67. The summed E-state index contributed by atoms with van der Waals surface area (Å²) in [6, 6.07) is 18.9. The fraction of sp³-hybridized carbons (Fsp3) is 0.240. The van der Waals surface area contributed by atoms with Crippen molar-refractivity contribution < 1.29 is 9.59 Å². The van der Waals surface area contributed by atoms with Gasteiger partial charge in [0.15, 0.2) is 0 Å². The van der Waals surface area contributed by atoms with E-state index in [1.54, 1.807) is 6.20 Å². The van der Waals surface area contributed by atoms with E-state index in [4.69, 9.17) is 0 Å². The second-order valence-electron chi connectivity index (χ2n) is 7.82. The number of amides is 2. The number of hydrogen-bond acceptors (Lipinski definition) is 4. The first kappa shape index (κ1) is 20.6. The van der Waals surface area contributed by atoms with E-state index in [2.05, 4.69) is 15.2 Å². The minimum atomic E-state index is -0.155. The van der Waals surface area contributed by atoms with Crippen molar-refractivity contribution in [3.8, 4) is 0 Å². The number of hydrogen-bond donors (Lipinski definition) is 1. The maximum atomic E-state index is 12.8. The van der Waals surface area contributed by atoms with Crippen molar-refractivity contribution in [1.29, 1.82) is 0 Å². The fourth-order valence-corrected chi connectivity index (χ4v) is 3.68. The molecule has 2 heterocycles. The molecule has 1 fully saturated rings. The van der Waals surface area contributed by atoms with E-state index in [1.165, 1.54) is 0 Å². The number of anilines is 2. The minimum Gasteiger partial charge on any atom is -0.353 e. The van der Waals surface area contributed by atoms with E-state index in [-0.39, 0.29) is 11.8 Å². The van der Waals surface area contributed by atoms with Crippen molar-refractivity contribution >= 4 is 23.3 Å². The van der Waals surface area contributed by atoms with Crippen LogP contribution < -0.4 is 10.2 Å². The number of piperazine rings is 1. The summed E-state index contributed by atoms with van der Waals surface area (Å²) in [7, 11) is 0. The first-order valence-electron chi connectivity index (χ1n) is 10.5.